The zero-order valence-electron chi connectivity index (χ0n) is 9.81. The Labute approximate surface area is 109 Å². The highest BCUT2D eigenvalue weighted by Gasteiger charge is 2.16. The van der Waals surface area contributed by atoms with Crippen LogP contribution in [0, 0.1) is 0 Å². The molecule has 0 aliphatic carbocycles. The minimum absolute atomic E-state index is 0.557. The van der Waals surface area contributed by atoms with Crippen molar-refractivity contribution in [3.63, 3.8) is 0 Å². The van der Waals surface area contributed by atoms with E-state index in [4.69, 9.17) is 17.3 Å². The molecule has 0 atom stereocenters. The SMILES string of the molecule is CCc1nn(-c2ccc(Cl)cc2)c2n[nH]c(N)c12. The number of nitrogens with two attached hydrogens (primary N) is 1. The zero-order chi connectivity index (χ0) is 12.7. The largest absolute Gasteiger partial charge is 0.383 e. The highest BCUT2D eigenvalue weighted by molar-refractivity contribution is 6.30. The number of nitrogens with zero attached hydrogens (tertiary/aromatic N) is 3. The summed E-state index contributed by atoms with van der Waals surface area (Å²) in [6.45, 7) is 2.04. The summed E-state index contributed by atoms with van der Waals surface area (Å²) in [5.41, 5.74) is 8.47. The van der Waals surface area contributed by atoms with E-state index in [0.717, 1.165) is 28.8 Å². The van der Waals surface area contributed by atoms with Crippen molar-refractivity contribution in [3.8, 4) is 5.69 Å². The maximum Gasteiger partial charge on any atom is 0.186 e. The predicted octanol–water partition coefficient (Wildman–Crippen LogP) is 2.55. The van der Waals surface area contributed by atoms with Gasteiger partial charge in [-0.15, -0.1) is 0 Å². The van der Waals surface area contributed by atoms with Crippen LogP contribution in [0.5, 0.6) is 0 Å². The lowest BCUT2D eigenvalue weighted by molar-refractivity contribution is 0.844. The summed E-state index contributed by atoms with van der Waals surface area (Å²) in [5.74, 6) is 0.557. The van der Waals surface area contributed by atoms with Gasteiger partial charge in [0, 0.05) is 5.02 Å². The summed E-state index contributed by atoms with van der Waals surface area (Å²) in [4.78, 5) is 0. The molecule has 5 nitrogen and oxygen atoms in total. The van der Waals surface area contributed by atoms with Crippen LogP contribution in [0.25, 0.3) is 16.7 Å². The van der Waals surface area contributed by atoms with Gasteiger partial charge < -0.3 is 5.73 Å². The number of hydrogen-bond acceptors (Lipinski definition) is 3. The fourth-order valence-corrected chi connectivity index (χ4v) is 2.14. The number of H-pyrrole nitrogens is 1. The highest BCUT2D eigenvalue weighted by atomic mass is 35.5. The molecule has 18 heavy (non-hydrogen) atoms. The molecule has 3 aromatic rings. The Morgan fingerprint density at radius 2 is 2.06 bits per heavy atom. The molecule has 92 valence electrons. The number of aromatic amines is 1. The summed E-state index contributed by atoms with van der Waals surface area (Å²) >= 11 is 5.88. The summed E-state index contributed by atoms with van der Waals surface area (Å²) in [6.07, 6.45) is 0.806. The number of halogens is 1. The first-order chi connectivity index (χ1) is 8.70. The first-order valence-electron chi connectivity index (χ1n) is 5.68. The van der Waals surface area contributed by atoms with Gasteiger partial charge in [0.05, 0.1) is 16.8 Å². The van der Waals surface area contributed by atoms with E-state index in [2.05, 4.69) is 15.3 Å². The van der Waals surface area contributed by atoms with Crippen molar-refractivity contribution >= 4 is 28.5 Å². The lowest BCUT2D eigenvalue weighted by Gasteiger charge is -2.01. The van der Waals surface area contributed by atoms with Crippen molar-refractivity contribution in [3.05, 3.63) is 35.0 Å². The molecular formula is C12H12ClN5. The molecule has 0 unspecified atom stereocenters. The van der Waals surface area contributed by atoms with E-state index in [-0.39, 0.29) is 0 Å². The van der Waals surface area contributed by atoms with E-state index in [1.807, 2.05) is 31.2 Å². The van der Waals surface area contributed by atoms with Gasteiger partial charge in [-0.05, 0) is 30.7 Å². The lowest BCUT2D eigenvalue weighted by Crippen LogP contribution is -1.98. The number of nitrogens with one attached hydrogen (secondary N) is 1. The van der Waals surface area contributed by atoms with Crippen molar-refractivity contribution in [2.24, 2.45) is 0 Å². The summed E-state index contributed by atoms with van der Waals surface area (Å²) in [7, 11) is 0. The lowest BCUT2D eigenvalue weighted by atomic mass is 10.2. The van der Waals surface area contributed by atoms with Crippen molar-refractivity contribution < 1.29 is 0 Å². The molecule has 0 aliphatic heterocycles. The molecule has 0 bridgehead atoms. The second kappa shape index (κ2) is 4.03. The van der Waals surface area contributed by atoms with Gasteiger partial charge in [-0.1, -0.05) is 18.5 Å². The summed E-state index contributed by atoms with van der Waals surface area (Å²) in [6, 6.07) is 7.45. The summed E-state index contributed by atoms with van der Waals surface area (Å²) < 4.78 is 1.78. The standard InChI is InChI=1S/C12H12ClN5/c1-2-9-10-11(14)15-16-12(10)18(17-9)8-5-3-7(13)4-6-8/h3-6H,2H2,1H3,(H3,14,15,16). The van der Waals surface area contributed by atoms with E-state index in [9.17, 15) is 0 Å². The molecule has 2 aromatic heterocycles. The number of nitrogen functional groups attached to an aromatic ring is 1. The van der Waals surface area contributed by atoms with Gasteiger partial charge in [-0.25, -0.2) is 4.68 Å². The smallest absolute Gasteiger partial charge is 0.186 e. The van der Waals surface area contributed by atoms with Gasteiger partial charge in [-0.3, -0.25) is 5.10 Å². The Morgan fingerprint density at radius 3 is 2.72 bits per heavy atom. The molecule has 1 aromatic carbocycles. The first kappa shape index (κ1) is 11.1. The van der Waals surface area contributed by atoms with Crippen molar-refractivity contribution in [2.75, 3.05) is 5.73 Å². The van der Waals surface area contributed by atoms with Crippen molar-refractivity contribution in [2.45, 2.75) is 13.3 Å². The average Bonchev–Trinajstić information content (AvgIpc) is 2.92. The van der Waals surface area contributed by atoms with E-state index in [1.54, 1.807) is 4.68 Å². The van der Waals surface area contributed by atoms with Crippen LogP contribution in [-0.2, 0) is 6.42 Å². The molecule has 0 saturated carbocycles. The molecule has 3 rings (SSSR count). The van der Waals surface area contributed by atoms with Gasteiger partial charge in [-0.2, -0.15) is 10.2 Å². The Bertz CT molecular complexity index is 695. The van der Waals surface area contributed by atoms with Crippen LogP contribution < -0.4 is 5.73 Å². The molecule has 2 heterocycles. The molecule has 0 radical (unpaired) electrons. The fraction of sp³-hybridized carbons (Fsp3) is 0.167. The topological polar surface area (TPSA) is 72.5 Å². The molecule has 0 amide bonds. The van der Waals surface area contributed by atoms with Gasteiger partial charge in [0.2, 0.25) is 0 Å². The zero-order valence-corrected chi connectivity index (χ0v) is 10.6. The van der Waals surface area contributed by atoms with Gasteiger partial charge in [0.25, 0.3) is 0 Å². The third-order valence-corrected chi connectivity index (χ3v) is 3.14. The third kappa shape index (κ3) is 1.55. The fourth-order valence-electron chi connectivity index (χ4n) is 2.01. The number of anilines is 1. The molecule has 0 saturated heterocycles. The number of aryl methyl sites for hydroxylation is 1. The molecule has 6 heteroatoms. The van der Waals surface area contributed by atoms with Crippen LogP contribution >= 0.6 is 11.6 Å². The number of rotatable bonds is 2. The Hall–Kier alpha value is -2.01. The molecule has 3 N–H and O–H groups in total. The van der Waals surface area contributed by atoms with E-state index < -0.39 is 0 Å². The predicted molar refractivity (Wildman–Crippen MR) is 72.0 cm³/mol. The van der Waals surface area contributed by atoms with Crippen LogP contribution in [0.15, 0.2) is 24.3 Å². The highest BCUT2D eigenvalue weighted by Crippen LogP contribution is 2.25. The first-order valence-corrected chi connectivity index (χ1v) is 6.06. The Balaban J connectivity index is 2.26. The van der Waals surface area contributed by atoms with E-state index in [1.165, 1.54) is 0 Å². The van der Waals surface area contributed by atoms with E-state index in [0.29, 0.717) is 10.8 Å². The Kier molecular flexibility index (Phi) is 2.48. The Morgan fingerprint density at radius 1 is 1.33 bits per heavy atom. The number of fused-ring (bicyclic) bond motifs is 1. The minimum Gasteiger partial charge on any atom is -0.383 e. The maximum absolute atomic E-state index is 5.88. The maximum atomic E-state index is 5.88. The van der Waals surface area contributed by atoms with Gasteiger partial charge in [0.1, 0.15) is 5.82 Å². The summed E-state index contributed by atoms with van der Waals surface area (Å²) in [5, 5.41) is 13.1. The molecule has 0 spiro atoms. The normalized spacial score (nSPS) is 11.2. The number of hydrogen-bond donors (Lipinski definition) is 2. The van der Waals surface area contributed by atoms with Gasteiger partial charge >= 0.3 is 0 Å². The second-order valence-corrected chi connectivity index (χ2v) is 4.46. The monoisotopic (exact) mass is 261 g/mol. The molecular weight excluding hydrogens is 250 g/mol. The number of aromatic nitrogens is 4. The average molecular weight is 262 g/mol. The molecule has 0 aliphatic rings. The van der Waals surface area contributed by atoms with Crippen LogP contribution in [0.2, 0.25) is 5.02 Å². The second-order valence-electron chi connectivity index (χ2n) is 4.02. The van der Waals surface area contributed by atoms with Crippen LogP contribution in [0.4, 0.5) is 5.82 Å². The molecule has 0 fully saturated rings. The number of benzene rings is 1. The van der Waals surface area contributed by atoms with Crippen molar-refractivity contribution in [1.82, 2.24) is 20.0 Å². The van der Waals surface area contributed by atoms with E-state index >= 15 is 0 Å². The van der Waals surface area contributed by atoms with Crippen LogP contribution in [-0.4, -0.2) is 20.0 Å². The van der Waals surface area contributed by atoms with Crippen LogP contribution in [0.3, 0.4) is 0 Å². The third-order valence-electron chi connectivity index (χ3n) is 2.89. The van der Waals surface area contributed by atoms with Gasteiger partial charge in [0.15, 0.2) is 5.65 Å². The minimum atomic E-state index is 0.557. The quantitative estimate of drug-likeness (QED) is 0.745. The van der Waals surface area contributed by atoms with Crippen LogP contribution in [0.1, 0.15) is 12.6 Å². The van der Waals surface area contributed by atoms with Crippen molar-refractivity contribution in [1.29, 1.82) is 0 Å².